The Labute approximate surface area is 66.9 Å². The molecule has 1 N–H and O–H groups in total. The van der Waals surface area contributed by atoms with E-state index < -0.39 is 0 Å². The molecular weight excluding hydrogens is 142 g/mol. The summed E-state index contributed by atoms with van der Waals surface area (Å²) in [5.74, 6) is 1.54. The highest BCUT2D eigenvalue weighted by Crippen LogP contribution is 2.47. The standard InChI is InChI=1S/C8H15NO2/c1-9(2-3-10)8-6-4-11-5-7(6)8/h6-8,10H,2-5H2,1H3. The second-order valence-corrected chi connectivity index (χ2v) is 3.56. The normalized spacial score (nSPS) is 41.2. The van der Waals surface area contributed by atoms with Gasteiger partial charge in [0.15, 0.2) is 0 Å². The van der Waals surface area contributed by atoms with E-state index in [2.05, 4.69) is 11.9 Å². The van der Waals surface area contributed by atoms with Crippen molar-refractivity contribution in [1.82, 2.24) is 4.90 Å². The molecule has 2 aliphatic rings. The molecule has 2 unspecified atom stereocenters. The number of aliphatic hydroxyl groups is 1. The molecular formula is C8H15NO2. The van der Waals surface area contributed by atoms with E-state index in [1.54, 1.807) is 0 Å². The Morgan fingerprint density at radius 2 is 2.09 bits per heavy atom. The average molecular weight is 157 g/mol. The quantitative estimate of drug-likeness (QED) is 0.602. The molecule has 1 saturated heterocycles. The molecule has 0 amide bonds. The topological polar surface area (TPSA) is 32.7 Å². The summed E-state index contributed by atoms with van der Waals surface area (Å²) in [5.41, 5.74) is 0. The van der Waals surface area contributed by atoms with Gasteiger partial charge in [-0.2, -0.15) is 0 Å². The third-order valence-electron chi connectivity index (χ3n) is 2.87. The van der Waals surface area contributed by atoms with Crippen LogP contribution >= 0.6 is 0 Å². The first-order valence-electron chi connectivity index (χ1n) is 4.23. The molecule has 1 aliphatic heterocycles. The van der Waals surface area contributed by atoms with Crippen molar-refractivity contribution < 1.29 is 9.84 Å². The van der Waals surface area contributed by atoms with Crippen molar-refractivity contribution >= 4 is 0 Å². The van der Waals surface area contributed by atoms with Gasteiger partial charge in [0.2, 0.25) is 0 Å². The van der Waals surface area contributed by atoms with Gasteiger partial charge >= 0.3 is 0 Å². The minimum atomic E-state index is 0.271. The number of hydrogen-bond donors (Lipinski definition) is 1. The molecule has 1 heterocycles. The maximum absolute atomic E-state index is 8.70. The number of rotatable bonds is 3. The van der Waals surface area contributed by atoms with E-state index >= 15 is 0 Å². The molecule has 3 heteroatoms. The van der Waals surface area contributed by atoms with Crippen LogP contribution in [0.15, 0.2) is 0 Å². The Balaban J connectivity index is 1.80. The van der Waals surface area contributed by atoms with Gasteiger partial charge in [-0.3, -0.25) is 0 Å². The monoisotopic (exact) mass is 157 g/mol. The molecule has 1 aliphatic carbocycles. The lowest BCUT2D eigenvalue weighted by molar-refractivity contribution is 0.123. The summed E-state index contributed by atoms with van der Waals surface area (Å²) in [7, 11) is 2.08. The van der Waals surface area contributed by atoms with Gasteiger partial charge in [0, 0.05) is 24.4 Å². The third kappa shape index (κ3) is 1.17. The van der Waals surface area contributed by atoms with E-state index in [9.17, 15) is 0 Å². The van der Waals surface area contributed by atoms with E-state index in [4.69, 9.17) is 9.84 Å². The van der Waals surface area contributed by atoms with Gasteiger partial charge in [-0.1, -0.05) is 0 Å². The van der Waals surface area contributed by atoms with Crippen LogP contribution in [0, 0.1) is 11.8 Å². The van der Waals surface area contributed by atoms with Crippen LogP contribution in [0.2, 0.25) is 0 Å². The SMILES string of the molecule is CN(CCO)C1C2COCC21. The molecule has 1 saturated carbocycles. The van der Waals surface area contributed by atoms with E-state index in [0.29, 0.717) is 6.04 Å². The molecule has 0 aromatic heterocycles. The predicted octanol–water partition coefficient (Wildman–Crippen LogP) is -0.445. The van der Waals surface area contributed by atoms with E-state index in [1.165, 1.54) is 0 Å². The van der Waals surface area contributed by atoms with Crippen LogP contribution in [0.5, 0.6) is 0 Å². The number of likely N-dealkylation sites (N-methyl/N-ethyl adjacent to an activating group) is 1. The summed E-state index contributed by atoms with van der Waals surface area (Å²) < 4.78 is 5.28. The van der Waals surface area contributed by atoms with Crippen LogP contribution in [0.3, 0.4) is 0 Å². The second kappa shape index (κ2) is 2.73. The molecule has 0 aromatic rings. The smallest absolute Gasteiger partial charge is 0.0558 e. The van der Waals surface area contributed by atoms with Crippen molar-refractivity contribution in [3.8, 4) is 0 Å². The first-order valence-corrected chi connectivity index (χ1v) is 4.23. The molecule has 0 radical (unpaired) electrons. The van der Waals surface area contributed by atoms with Crippen molar-refractivity contribution in [2.24, 2.45) is 11.8 Å². The van der Waals surface area contributed by atoms with Crippen LogP contribution in [0.25, 0.3) is 0 Å². The number of fused-ring (bicyclic) bond motifs is 1. The summed E-state index contributed by atoms with van der Waals surface area (Å²) in [6.45, 7) is 2.95. The molecule has 0 bridgehead atoms. The van der Waals surface area contributed by atoms with Gasteiger partial charge in [-0.05, 0) is 7.05 Å². The van der Waals surface area contributed by atoms with E-state index in [-0.39, 0.29) is 6.61 Å². The average Bonchev–Trinajstić information content (AvgIpc) is 2.47. The second-order valence-electron chi connectivity index (χ2n) is 3.56. The highest BCUT2D eigenvalue weighted by Gasteiger charge is 2.55. The van der Waals surface area contributed by atoms with Crippen LogP contribution in [-0.2, 0) is 4.74 Å². The van der Waals surface area contributed by atoms with Crippen LogP contribution in [0.4, 0.5) is 0 Å². The Morgan fingerprint density at radius 1 is 1.45 bits per heavy atom. The zero-order chi connectivity index (χ0) is 7.84. The van der Waals surface area contributed by atoms with Crippen molar-refractivity contribution in [2.45, 2.75) is 6.04 Å². The maximum Gasteiger partial charge on any atom is 0.0558 e. The third-order valence-corrected chi connectivity index (χ3v) is 2.87. The minimum absolute atomic E-state index is 0.271. The highest BCUT2D eigenvalue weighted by molar-refractivity contribution is 5.06. The van der Waals surface area contributed by atoms with Gasteiger partial charge in [0.1, 0.15) is 0 Å². The summed E-state index contributed by atoms with van der Waals surface area (Å²) in [6.07, 6.45) is 0. The Kier molecular flexibility index (Phi) is 1.87. The predicted molar refractivity (Wildman–Crippen MR) is 41.3 cm³/mol. The maximum atomic E-state index is 8.70. The van der Waals surface area contributed by atoms with E-state index in [0.717, 1.165) is 31.6 Å². The minimum Gasteiger partial charge on any atom is -0.395 e. The Hall–Kier alpha value is -0.120. The lowest BCUT2D eigenvalue weighted by Crippen LogP contribution is -2.28. The van der Waals surface area contributed by atoms with Gasteiger partial charge in [-0.15, -0.1) is 0 Å². The van der Waals surface area contributed by atoms with Crippen LogP contribution in [-0.4, -0.2) is 49.5 Å². The lowest BCUT2D eigenvalue weighted by atomic mass is 10.4. The molecule has 64 valence electrons. The zero-order valence-electron chi connectivity index (χ0n) is 6.86. The van der Waals surface area contributed by atoms with Crippen LogP contribution in [0.1, 0.15) is 0 Å². The number of ether oxygens (including phenoxy) is 1. The summed E-state index contributed by atoms with van der Waals surface area (Å²) in [4.78, 5) is 2.25. The van der Waals surface area contributed by atoms with Crippen molar-refractivity contribution in [3.05, 3.63) is 0 Å². The molecule has 0 aromatic carbocycles. The molecule has 2 atom stereocenters. The number of aliphatic hydroxyl groups excluding tert-OH is 1. The number of hydrogen-bond acceptors (Lipinski definition) is 3. The van der Waals surface area contributed by atoms with Crippen molar-refractivity contribution in [2.75, 3.05) is 33.4 Å². The Morgan fingerprint density at radius 3 is 2.64 bits per heavy atom. The van der Waals surface area contributed by atoms with Crippen LogP contribution < -0.4 is 0 Å². The molecule has 11 heavy (non-hydrogen) atoms. The first-order chi connectivity index (χ1) is 5.34. The summed E-state index contributed by atoms with van der Waals surface area (Å²) >= 11 is 0. The first kappa shape index (κ1) is 7.53. The van der Waals surface area contributed by atoms with Crippen molar-refractivity contribution in [1.29, 1.82) is 0 Å². The Bertz CT molecular complexity index is 141. The van der Waals surface area contributed by atoms with Crippen molar-refractivity contribution in [3.63, 3.8) is 0 Å². The number of nitrogens with zero attached hydrogens (tertiary/aromatic N) is 1. The summed E-state index contributed by atoms with van der Waals surface area (Å²) in [6, 6.07) is 0.705. The van der Waals surface area contributed by atoms with Gasteiger partial charge in [0.05, 0.1) is 19.8 Å². The van der Waals surface area contributed by atoms with E-state index in [1.807, 2.05) is 0 Å². The van der Waals surface area contributed by atoms with Gasteiger partial charge in [0.25, 0.3) is 0 Å². The van der Waals surface area contributed by atoms with Gasteiger partial charge < -0.3 is 14.7 Å². The molecule has 3 nitrogen and oxygen atoms in total. The molecule has 2 fully saturated rings. The zero-order valence-corrected chi connectivity index (χ0v) is 6.86. The fourth-order valence-corrected chi connectivity index (χ4v) is 2.17. The fourth-order valence-electron chi connectivity index (χ4n) is 2.17. The molecule has 0 spiro atoms. The largest absolute Gasteiger partial charge is 0.395 e. The molecule has 2 rings (SSSR count). The summed E-state index contributed by atoms with van der Waals surface area (Å²) in [5, 5.41) is 8.70. The fraction of sp³-hybridized carbons (Fsp3) is 1.00. The van der Waals surface area contributed by atoms with Gasteiger partial charge in [-0.25, -0.2) is 0 Å². The highest BCUT2D eigenvalue weighted by atomic mass is 16.5. The lowest BCUT2D eigenvalue weighted by Gasteiger charge is -2.16.